The van der Waals surface area contributed by atoms with E-state index in [0.29, 0.717) is 17.1 Å². The Hall–Kier alpha value is -1.06. The van der Waals surface area contributed by atoms with E-state index in [1.165, 1.54) is 0 Å². The summed E-state index contributed by atoms with van der Waals surface area (Å²) < 4.78 is 0. The molecule has 0 saturated carbocycles. The van der Waals surface area contributed by atoms with Crippen LogP contribution in [0.15, 0.2) is 24.3 Å². The van der Waals surface area contributed by atoms with Crippen LogP contribution in [0.4, 0.5) is 0 Å². The molecule has 1 aromatic carbocycles. The van der Waals surface area contributed by atoms with E-state index in [1.807, 2.05) is 0 Å². The van der Waals surface area contributed by atoms with Gasteiger partial charge in [-0.15, -0.1) is 0 Å². The van der Waals surface area contributed by atoms with Crippen LogP contribution in [-0.2, 0) is 0 Å². The molecule has 1 fully saturated rings. The van der Waals surface area contributed by atoms with Crippen molar-refractivity contribution >= 4 is 17.5 Å². The minimum absolute atomic E-state index is 0.0189. The topological polar surface area (TPSA) is 46.3 Å². The fraction of sp³-hybridized carbons (Fsp3) is 0.364. The molecule has 2 rings (SSSR count). The van der Waals surface area contributed by atoms with Crippen molar-refractivity contribution in [2.24, 2.45) is 5.73 Å². The number of hydrogen-bond donors (Lipinski definition) is 1. The molecule has 0 aromatic heterocycles. The maximum Gasteiger partial charge on any atom is 0.253 e. The predicted molar refractivity (Wildman–Crippen MR) is 59.9 cm³/mol. The van der Waals surface area contributed by atoms with E-state index in [-0.39, 0.29) is 11.9 Å². The number of carbonyl (C=O) groups is 1. The van der Waals surface area contributed by atoms with Crippen molar-refractivity contribution in [1.29, 1.82) is 0 Å². The lowest BCUT2D eigenvalue weighted by atomic mass is 10.2. The summed E-state index contributed by atoms with van der Waals surface area (Å²) >= 11 is 5.83. The van der Waals surface area contributed by atoms with E-state index in [4.69, 9.17) is 17.3 Å². The van der Waals surface area contributed by atoms with E-state index < -0.39 is 0 Å². The van der Waals surface area contributed by atoms with Gasteiger partial charge in [0.1, 0.15) is 0 Å². The summed E-state index contributed by atoms with van der Waals surface area (Å²) in [5.74, 6) is 0.0189. The van der Waals surface area contributed by atoms with Crippen LogP contribution in [0.5, 0.6) is 0 Å². The first-order valence-electron chi connectivity index (χ1n) is 4.97. The molecule has 0 aliphatic carbocycles. The number of hydrogen-bond acceptors (Lipinski definition) is 2. The molecule has 0 spiro atoms. The van der Waals surface area contributed by atoms with E-state index in [2.05, 4.69) is 0 Å². The summed E-state index contributed by atoms with van der Waals surface area (Å²) in [6, 6.07) is 7.12. The van der Waals surface area contributed by atoms with Crippen LogP contribution in [-0.4, -0.2) is 29.9 Å². The second kappa shape index (κ2) is 4.21. The number of rotatable bonds is 1. The van der Waals surface area contributed by atoms with Gasteiger partial charge in [-0.3, -0.25) is 4.79 Å². The van der Waals surface area contributed by atoms with Crippen molar-refractivity contribution in [3.05, 3.63) is 34.9 Å². The Morgan fingerprint density at radius 2 is 2.33 bits per heavy atom. The van der Waals surface area contributed by atoms with E-state index >= 15 is 0 Å². The standard InChI is InChI=1S/C11H13ClN2O/c12-9-3-1-2-8(6-9)11(15)14-5-4-10(13)7-14/h1-3,6,10H,4-5,7,13H2/t10-/m1/s1. The Bertz CT molecular complexity index is 381. The molecule has 4 heteroatoms. The average molecular weight is 225 g/mol. The Morgan fingerprint density at radius 3 is 2.93 bits per heavy atom. The first-order valence-corrected chi connectivity index (χ1v) is 5.35. The smallest absolute Gasteiger partial charge is 0.253 e. The van der Waals surface area contributed by atoms with Crippen LogP contribution in [0.25, 0.3) is 0 Å². The second-order valence-corrected chi connectivity index (χ2v) is 4.25. The van der Waals surface area contributed by atoms with E-state index in [9.17, 15) is 4.79 Å². The number of nitrogens with two attached hydrogens (primary N) is 1. The number of carbonyl (C=O) groups excluding carboxylic acids is 1. The zero-order chi connectivity index (χ0) is 10.8. The third-order valence-corrected chi connectivity index (χ3v) is 2.82. The molecule has 3 nitrogen and oxygen atoms in total. The summed E-state index contributed by atoms with van der Waals surface area (Å²) in [6.45, 7) is 1.39. The highest BCUT2D eigenvalue weighted by Gasteiger charge is 2.24. The van der Waals surface area contributed by atoms with Gasteiger partial charge in [-0.25, -0.2) is 0 Å². The van der Waals surface area contributed by atoms with Crippen molar-refractivity contribution < 1.29 is 4.79 Å². The monoisotopic (exact) mass is 224 g/mol. The molecule has 1 amide bonds. The Kier molecular flexibility index (Phi) is 2.93. The summed E-state index contributed by atoms with van der Waals surface area (Å²) in [6.07, 6.45) is 0.881. The van der Waals surface area contributed by atoms with Crippen LogP contribution < -0.4 is 5.73 Å². The lowest BCUT2D eigenvalue weighted by molar-refractivity contribution is 0.0791. The van der Waals surface area contributed by atoms with Gasteiger partial charge in [-0.05, 0) is 24.6 Å². The minimum Gasteiger partial charge on any atom is -0.337 e. The third kappa shape index (κ3) is 2.30. The van der Waals surface area contributed by atoms with Crippen LogP contribution in [0.1, 0.15) is 16.8 Å². The van der Waals surface area contributed by atoms with Gasteiger partial charge >= 0.3 is 0 Å². The normalized spacial score (nSPS) is 20.7. The van der Waals surface area contributed by atoms with E-state index in [0.717, 1.165) is 13.0 Å². The number of nitrogens with zero attached hydrogens (tertiary/aromatic N) is 1. The second-order valence-electron chi connectivity index (χ2n) is 3.81. The molecule has 1 heterocycles. The highest BCUT2D eigenvalue weighted by atomic mass is 35.5. The molecule has 0 unspecified atom stereocenters. The molecule has 1 saturated heterocycles. The van der Waals surface area contributed by atoms with Crippen LogP contribution in [0, 0.1) is 0 Å². The van der Waals surface area contributed by atoms with Crippen molar-refractivity contribution in [3.8, 4) is 0 Å². The van der Waals surface area contributed by atoms with Gasteiger partial charge in [-0.2, -0.15) is 0 Å². The molecule has 15 heavy (non-hydrogen) atoms. The lowest BCUT2D eigenvalue weighted by Crippen LogP contribution is -2.31. The van der Waals surface area contributed by atoms with Crippen molar-refractivity contribution in [1.82, 2.24) is 4.90 Å². The number of halogens is 1. The van der Waals surface area contributed by atoms with Crippen LogP contribution in [0.3, 0.4) is 0 Å². The lowest BCUT2D eigenvalue weighted by Gasteiger charge is -2.15. The first-order chi connectivity index (χ1) is 7.16. The van der Waals surface area contributed by atoms with Gasteiger partial charge in [0.05, 0.1) is 0 Å². The Morgan fingerprint density at radius 1 is 1.53 bits per heavy atom. The molecule has 2 N–H and O–H groups in total. The Balaban J connectivity index is 2.14. The summed E-state index contributed by atoms with van der Waals surface area (Å²) in [5.41, 5.74) is 6.39. The van der Waals surface area contributed by atoms with Crippen molar-refractivity contribution in [3.63, 3.8) is 0 Å². The first kappa shape index (κ1) is 10.5. The van der Waals surface area contributed by atoms with Crippen LogP contribution >= 0.6 is 11.6 Å². The van der Waals surface area contributed by atoms with Crippen LogP contribution in [0.2, 0.25) is 5.02 Å². The zero-order valence-corrected chi connectivity index (χ0v) is 9.07. The maximum atomic E-state index is 12.0. The highest BCUT2D eigenvalue weighted by molar-refractivity contribution is 6.30. The SMILES string of the molecule is N[C@@H]1CCN(C(=O)c2cccc(Cl)c2)C1. The summed E-state index contributed by atoms with van der Waals surface area (Å²) in [4.78, 5) is 13.7. The largest absolute Gasteiger partial charge is 0.337 e. The quantitative estimate of drug-likeness (QED) is 0.786. The molecule has 80 valence electrons. The average Bonchev–Trinajstić information content (AvgIpc) is 2.64. The zero-order valence-electron chi connectivity index (χ0n) is 8.32. The third-order valence-electron chi connectivity index (χ3n) is 2.58. The van der Waals surface area contributed by atoms with Gasteiger partial charge < -0.3 is 10.6 Å². The number of likely N-dealkylation sites (tertiary alicyclic amines) is 1. The van der Waals surface area contributed by atoms with Gasteiger partial charge in [0.2, 0.25) is 0 Å². The highest BCUT2D eigenvalue weighted by Crippen LogP contribution is 2.15. The van der Waals surface area contributed by atoms with Gasteiger partial charge in [0.15, 0.2) is 0 Å². The predicted octanol–water partition coefficient (Wildman–Crippen LogP) is 1.51. The molecule has 1 aliphatic rings. The Labute approximate surface area is 93.8 Å². The summed E-state index contributed by atoms with van der Waals surface area (Å²) in [7, 11) is 0. The minimum atomic E-state index is 0.0189. The maximum absolute atomic E-state index is 12.0. The molecule has 1 aliphatic heterocycles. The van der Waals surface area contributed by atoms with Crippen molar-refractivity contribution in [2.75, 3.05) is 13.1 Å². The fourth-order valence-electron chi connectivity index (χ4n) is 1.78. The van der Waals surface area contributed by atoms with Gasteiger partial charge in [0.25, 0.3) is 5.91 Å². The molecule has 1 atom stereocenters. The van der Waals surface area contributed by atoms with Gasteiger partial charge in [0, 0.05) is 29.7 Å². The van der Waals surface area contributed by atoms with Gasteiger partial charge in [-0.1, -0.05) is 17.7 Å². The number of amides is 1. The van der Waals surface area contributed by atoms with E-state index in [1.54, 1.807) is 29.2 Å². The fourth-order valence-corrected chi connectivity index (χ4v) is 1.97. The van der Waals surface area contributed by atoms with Crippen molar-refractivity contribution in [2.45, 2.75) is 12.5 Å². The molecule has 0 radical (unpaired) electrons. The molecule has 0 bridgehead atoms. The molecule has 1 aromatic rings. The summed E-state index contributed by atoms with van der Waals surface area (Å²) in [5, 5.41) is 0.587. The number of benzene rings is 1. The molecular formula is C11H13ClN2O. The molecular weight excluding hydrogens is 212 g/mol.